The third kappa shape index (κ3) is 3.13. The molecule has 5 nitrogen and oxygen atoms in total. The Balaban J connectivity index is 2.14. The maximum absolute atomic E-state index is 13.4. The van der Waals surface area contributed by atoms with E-state index in [1.807, 2.05) is 6.92 Å². The first-order chi connectivity index (χ1) is 11.4. The molecule has 1 aliphatic rings. The zero-order valence-corrected chi connectivity index (χ0v) is 13.2. The summed E-state index contributed by atoms with van der Waals surface area (Å²) in [4.78, 5) is 7.86. The van der Waals surface area contributed by atoms with Crippen LogP contribution in [0.2, 0.25) is 0 Å². The molecule has 0 spiro atoms. The van der Waals surface area contributed by atoms with Crippen molar-refractivity contribution < 1.29 is 13.2 Å². The van der Waals surface area contributed by atoms with Crippen LogP contribution in [0.15, 0.2) is 24.0 Å². The number of nitrogens with zero attached hydrogens (tertiary/aromatic N) is 4. The predicted molar refractivity (Wildman–Crippen MR) is 84.2 cm³/mol. The zero-order chi connectivity index (χ0) is 17.3. The number of allylic oxidation sites excluding steroid dienone is 1. The number of nitrogens with two attached hydrogens (primary N) is 1. The summed E-state index contributed by atoms with van der Waals surface area (Å²) in [5.41, 5.74) is 5.85. The number of nitrogen functional groups attached to an aromatic ring is 1. The third-order valence-electron chi connectivity index (χ3n) is 4.28. The topological polar surface area (TPSA) is 69.6 Å². The van der Waals surface area contributed by atoms with Gasteiger partial charge in [0.1, 0.15) is 5.82 Å². The van der Waals surface area contributed by atoms with E-state index >= 15 is 0 Å². The predicted octanol–water partition coefficient (Wildman–Crippen LogP) is 3.86. The quantitative estimate of drug-likeness (QED) is 0.903. The lowest BCUT2D eigenvalue weighted by Gasteiger charge is -2.21. The van der Waals surface area contributed by atoms with Crippen molar-refractivity contribution in [1.82, 2.24) is 19.7 Å². The highest BCUT2D eigenvalue weighted by Crippen LogP contribution is 2.38. The molecular weight excluding hydrogens is 319 g/mol. The van der Waals surface area contributed by atoms with E-state index in [-0.39, 0.29) is 23.2 Å². The highest BCUT2D eigenvalue weighted by Gasteiger charge is 2.39. The number of hydrogen-bond acceptors (Lipinski definition) is 4. The summed E-state index contributed by atoms with van der Waals surface area (Å²) in [5, 5.41) is 3.64. The van der Waals surface area contributed by atoms with E-state index in [1.54, 1.807) is 12.1 Å². The Kier molecular flexibility index (Phi) is 4.29. The van der Waals surface area contributed by atoms with Crippen LogP contribution in [0, 0.1) is 5.92 Å². The van der Waals surface area contributed by atoms with E-state index in [9.17, 15) is 13.2 Å². The summed E-state index contributed by atoms with van der Waals surface area (Å²) in [6.45, 7) is 2.03. The van der Waals surface area contributed by atoms with Gasteiger partial charge in [-0.25, -0.2) is 9.97 Å². The Morgan fingerprint density at radius 1 is 1.25 bits per heavy atom. The number of alkyl halides is 3. The van der Waals surface area contributed by atoms with Crippen LogP contribution < -0.4 is 5.73 Å². The maximum Gasteiger partial charge on any atom is 0.435 e. The normalized spacial score (nSPS) is 20.5. The molecule has 1 atom stereocenters. The molecule has 0 aromatic carbocycles. The second kappa shape index (κ2) is 6.26. The van der Waals surface area contributed by atoms with Gasteiger partial charge in [0, 0.05) is 18.0 Å². The van der Waals surface area contributed by atoms with E-state index < -0.39 is 11.9 Å². The van der Waals surface area contributed by atoms with Gasteiger partial charge in [-0.2, -0.15) is 23.0 Å². The van der Waals surface area contributed by atoms with Gasteiger partial charge in [-0.05, 0) is 37.3 Å². The smallest absolute Gasteiger partial charge is 0.383 e. The van der Waals surface area contributed by atoms with Crippen LogP contribution in [-0.4, -0.2) is 19.7 Å². The molecule has 0 aliphatic heterocycles. The molecule has 2 heterocycles. The van der Waals surface area contributed by atoms with Gasteiger partial charge in [0.15, 0.2) is 5.69 Å². The molecule has 1 fully saturated rings. The lowest BCUT2D eigenvalue weighted by atomic mass is 9.84. The van der Waals surface area contributed by atoms with Crippen molar-refractivity contribution in [3.05, 3.63) is 35.3 Å². The van der Waals surface area contributed by atoms with Crippen molar-refractivity contribution in [3.8, 4) is 5.95 Å². The number of rotatable bonds is 2. The minimum absolute atomic E-state index is 0.0156. The van der Waals surface area contributed by atoms with Crippen molar-refractivity contribution in [2.24, 2.45) is 5.92 Å². The molecule has 1 saturated carbocycles. The molecule has 0 bridgehead atoms. The van der Waals surface area contributed by atoms with Gasteiger partial charge < -0.3 is 5.73 Å². The van der Waals surface area contributed by atoms with Crippen LogP contribution in [0.25, 0.3) is 12.0 Å². The Morgan fingerprint density at radius 2 is 1.96 bits per heavy atom. The Morgan fingerprint density at radius 3 is 2.58 bits per heavy atom. The van der Waals surface area contributed by atoms with E-state index in [0.717, 1.165) is 35.9 Å². The van der Waals surface area contributed by atoms with Crippen LogP contribution >= 0.6 is 0 Å². The van der Waals surface area contributed by atoms with Crippen LogP contribution in [0.4, 0.5) is 19.0 Å². The largest absolute Gasteiger partial charge is 0.435 e. The number of halogens is 3. The van der Waals surface area contributed by atoms with Crippen LogP contribution in [0.1, 0.15) is 43.9 Å². The standard InChI is InChI=1S/C16H18F3N5/c1-10-5-2-3-6-11(10)9-12-13(16(17,18)19)23-24(14(12)20)15-21-7-4-8-22-15/h4,7-10H,2-3,5-6,20H2,1H3. The minimum Gasteiger partial charge on any atom is -0.383 e. The van der Waals surface area contributed by atoms with Gasteiger partial charge in [0.05, 0.1) is 0 Å². The number of aromatic nitrogens is 4. The van der Waals surface area contributed by atoms with Gasteiger partial charge in [-0.1, -0.05) is 18.9 Å². The Bertz CT molecular complexity index is 749. The summed E-state index contributed by atoms with van der Waals surface area (Å²) >= 11 is 0. The molecule has 128 valence electrons. The Hall–Kier alpha value is -2.38. The first kappa shape index (κ1) is 16.5. The molecule has 3 rings (SSSR count). The van der Waals surface area contributed by atoms with Crippen molar-refractivity contribution >= 4 is 11.9 Å². The molecule has 8 heteroatoms. The molecule has 0 radical (unpaired) electrons. The summed E-state index contributed by atoms with van der Waals surface area (Å²) in [6.07, 6.45) is 3.64. The number of anilines is 1. The first-order valence-electron chi connectivity index (χ1n) is 7.81. The first-order valence-corrected chi connectivity index (χ1v) is 7.81. The molecule has 2 aromatic rings. The van der Waals surface area contributed by atoms with Crippen LogP contribution in [-0.2, 0) is 6.18 Å². The molecule has 24 heavy (non-hydrogen) atoms. The number of hydrogen-bond donors (Lipinski definition) is 1. The van der Waals surface area contributed by atoms with E-state index in [4.69, 9.17) is 5.73 Å². The summed E-state index contributed by atoms with van der Waals surface area (Å²) < 4.78 is 41.2. The van der Waals surface area contributed by atoms with E-state index in [1.165, 1.54) is 12.4 Å². The van der Waals surface area contributed by atoms with Crippen molar-refractivity contribution in [3.63, 3.8) is 0 Å². The van der Waals surface area contributed by atoms with Gasteiger partial charge in [-0.15, -0.1) is 0 Å². The second-order valence-electron chi connectivity index (χ2n) is 5.97. The van der Waals surface area contributed by atoms with E-state index in [0.29, 0.717) is 0 Å². The molecule has 2 N–H and O–H groups in total. The van der Waals surface area contributed by atoms with Crippen molar-refractivity contribution in [2.45, 2.75) is 38.8 Å². The Labute approximate surface area is 137 Å². The molecular formula is C16H18F3N5. The molecule has 1 aliphatic carbocycles. The average Bonchev–Trinajstić information content (AvgIpc) is 2.88. The highest BCUT2D eigenvalue weighted by atomic mass is 19.4. The molecule has 1 unspecified atom stereocenters. The lowest BCUT2D eigenvalue weighted by molar-refractivity contribution is -0.141. The van der Waals surface area contributed by atoms with Gasteiger partial charge in [0.25, 0.3) is 5.95 Å². The van der Waals surface area contributed by atoms with Crippen molar-refractivity contribution in [2.75, 3.05) is 5.73 Å². The minimum atomic E-state index is -4.60. The van der Waals surface area contributed by atoms with Crippen LogP contribution in [0.5, 0.6) is 0 Å². The van der Waals surface area contributed by atoms with Crippen LogP contribution in [0.3, 0.4) is 0 Å². The lowest BCUT2D eigenvalue weighted by Crippen LogP contribution is -2.10. The zero-order valence-electron chi connectivity index (χ0n) is 13.2. The average molecular weight is 337 g/mol. The van der Waals surface area contributed by atoms with E-state index in [2.05, 4.69) is 15.1 Å². The SMILES string of the molecule is CC1CCCCC1=Cc1c(C(F)(F)F)nn(-c2ncccn2)c1N. The van der Waals surface area contributed by atoms with Gasteiger partial charge in [0.2, 0.25) is 0 Å². The molecule has 0 amide bonds. The molecule has 0 saturated heterocycles. The van der Waals surface area contributed by atoms with Gasteiger partial charge >= 0.3 is 6.18 Å². The maximum atomic E-state index is 13.4. The fraction of sp³-hybridized carbons (Fsp3) is 0.438. The summed E-state index contributed by atoms with van der Waals surface area (Å²) in [6, 6.07) is 1.57. The monoisotopic (exact) mass is 337 g/mol. The fourth-order valence-electron chi connectivity index (χ4n) is 2.96. The van der Waals surface area contributed by atoms with Gasteiger partial charge in [-0.3, -0.25) is 0 Å². The highest BCUT2D eigenvalue weighted by molar-refractivity contribution is 5.68. The van der Waals surface area contributed by atoms with Crippen molar-refractivity contribution in [1.29, 1.82) is 0 Å². The third-order valence-corrected chi connectivity index (χ3v) is 4.28. The summed E-state index contributed by atoms with van der Waals surface area (Å²) in [5.74, 6) is 0.163. The molecule has 2 aromatic heterocycles. The summed E-state index contributed by atoms with van der Waals surface area (Å²) in [7, 11) is 0. The fourth-order valence-corrected chi connectivity index (χ4v) is 2.96. The second-order valence-corrected chi connectivity index (χ2v) is 5.97.